The zero-order chi connectivity index (χ0) is 19.7. The number of rotatable bonds is 5. The molecule has 0 bridgehead atoms. The van der Waals surface area contributed by atoms with Crippen molar-refractivity contribution in [3.05, 3.63) is 60.0 Å². The zero-order valence-electron chi connectivity index (χ0n) is 15.9. The normalized spacial score (nSPS) is 16.7. The van der Waals surface area contributed by atoms with E-state index in [0.29, 0.717) is 17.4 Å². The predicted octanol–water partition coefficient (Wildman–Crippen LogP) is 3.11. The fourth-order valence-electron chi connectivity index (χ4n) is 4.06. The molecule has 7 heteroatoms. The molecule has 0 spiro atoms. The molecule has 1 aliphatic rings. The molecule has 0 radical (unpaired) electrons. The van der Waals surface area contributed by atoms with Crippen LogP contribution >= 0.6 is 0 Å². The first-order valence-electron chi connectivity index (χ1n) is 9.52. The van der Waals surface area contributed by atoms with Gasteiger partial charge in [0.25, 0.3) is 0 Å². The first-order valence-corrected chi connectivity index (χ1v) is 11.4. The predicted molar refractivity (Wildman–Crippen MR) is 109 cm³/mol. The first-order chi connectivity index (χ1) is 13.5. The molecule has 0 amide bonds. The van der Waals surface area contributed by atoms with Crippen molar-refractivity contribution in [2.75, 3.05) is 12.8 Å². The smallest absolute Gasteiger partial charge is 0.175 e. The molecule has 2 aromatic heterocycles. The number of nitrogens with two attached hydrogens (primary N) is 1. The average Bonchev–Trinajstić information content (AvgIpc) is 3.09. The van der Waals surface area contributed by atoms with Gasteiger partial charge in [0, 0.05) is 35.5 Å². The lowest BCUT2D eigenvalue weighted by Gasteiger charge is -2.24. The third-order valence-corrected chi connectivity index (χ3v) is 6.45. The Morgan fingerprint density at radius 3 is 2.82 bits per heavy atom. The number of hydrogen-bond donors (Lipinski definition) is 1. The van der Waals surface area contributed by atoms with E-state index in [1.54, 1.807) is 24.4 Å². The van der Waals surface area contributed by atoms with Gasteiger partial charge in [0.1, 0.15) is 0 Å². The van der Waals surface area contributed by atoms with Crippen LogP contribution < -0.4 is 5.73 Å². The summed E-state index contributed by atoms with van der Waals surface area (Å²) in [5.74, 6) is 0.357. The van der Waals surface area contributed by atoms with Crippen LogP contribution in [0.15, 0.2) is 53.7 Å². The van der Waals surface area contributed by atoms with Crippen LogP contribution in [0.3, 0.4) is 0 Å². The number of benzene rings is 1. The van der Waals surface area contributed by atoms with E-state index >= 15 is 0 Å². The summed E-state index contributed by atoms with van der Waals surface area (Å²) in [5, 5.41) is 4.93. The molecule has 28 heavy (non-hydrogen) atoms. The highest BCUT2D eigenvalue weighted by molar-refractivity contribution is 7.90. The van der Waals surface area contributed by atoms with Crippen LogP contribution in [-0.2, 0) is 16.3 Å². The minimum absolute atomic E-state index is 0.298. The van der Waals surface area contributed by atoms with Crippen molar-refractivity contribution in [2.45, 2.75) is 36.5 Å². The van der Waals surface area contributed by atoms with E-state index in [1.165, 1.54) is 11.8 Å². The van der Waals surface area contributed by atoms with Gasteiger partial charge in [-0.15, -0.1) is 0 Å². The van der Waals surface area contributed by atoms with Gasteiger partial charge in [-0.3, -0.25) is 4.98 Å². The van der Waals surface area contributed by atoms with Crippen LogP contribution in [0.4, 0.5) is 0 Å². The van der Waals surface area contributed by atoms with Crippen LogP contribution in [0.5, 0.6) is 0 Å². The third-order valence-electron chi connectivity index (χ3n) is 5.34. The van der Waals surface area contributed by atoms with Crippen molar-refractivity contribution in [3.63, 3.8) is 0 Å². The van der Waals surface area contributed by atoms with E-state index in [4.69, 9.17) is 10.8 Å². The van der Waals surface area contributed by atoms with Gasteiger partial charge in [0.05, 0.1) is 16.3 Å². The minimum atomic E-state index is -3.29. The van der Waals surface area contributed by atoms with Gasteiger partial charge in [0.2, 0.25) is 0 Å². The maximum atomic E-state index is 12.0. The number of nitrogens with zero attached hydrogens (tertiary/aromatic N) is 3. The maximum absolute atomic E-state index is 12.0. The van der Waals surface area contributed by atoms with E-state index < -0.39 is 9.84 Å². The lowest BCUT2D eigenvalue weighted by molar-refractivity contribution is 0.518. The summed E-state index contributed by atoms with van der Waals surface area (Å²) in [6.45, 7) is 0.630. The summed E-state index contributed by atoms with van der Waals surface area (Å²) in [6, 6.07) is 10.9. The molecule has 4 rings (SSSR count). The van der Waals surface area contributed by atoms with E-state index in [9.17, 15) is 8.42 Å². The Morgan fingerprint density at radius 2 is 2.11 bits per heavy atom. The SMILES string of the molecule is CS(=O)(=O)c1cccc(-n2nc(-c3cccnc3)c3c2CCCC3CCN)c1. The van der Waals surface area contributed by atoms with Crippen LogP contribution in [0.25, 0.3) is 16.9 Å². The zero-order valence-corrected chi connectivity index (χ0v) is 16.7. The third kappa shape index (κ3) is 3.47. The molecule has 1 aliphatic carbocycles. The molecule has 0 aliphatic heterocycles. The van der Waals surface area contributed by atoms with Gasteiger partial charge in [-0.25, -0.2) is 13.1 Å². The Morgan fingerprint density at radius 1 is 1.25 bits per heavy atom. The quantitative estimate of drug-likeness (QED) is 0.715. The Kier molecular flexibility index (Phi) is 5.03. The minimum Gasteiger partial charge on any atom is -0.330 e. The molecule has 0 saturated carbocycles. The fraction of sp³-hybridized carbons (Fsp3) is 0.333. The van der Waals surface area contributed by atoms with Gasteiger partial charge in [-0.05, 0) is 68.5 Å². The maximum Gasteiger partial charge on any atom is 0.175 e. The standard InChI is InChI=1S/C21H24N4O2S/c1-28(26,27)18-8-3-7-17(13-18)25-19-9-2-5-15(10-11-22)20(19)21(24-25)16-6-4-12-23-14-16/h3-4,6-8,12-15H,2,5,9-11,22H2,1H3. The summed E-state index contributed by atoms with van der Waals surface area (Å²) in [6.07, 6.45) is 8.78. The molecule has 1 aromatic carbocycles. The Balaban J connectivity index is 1.93. The fourth-order valence-corrected chi connectivity index (χ4v) is 4.72. The second-order valence-electron chi connectivity index (χ2n) is 7.30. The molecular weight excluding hydrogens is 372 g/mol. The van der Waals surface area contributed by atoms with Gasteiger partial charge < -0.3 is 5.73 Å². The van der Waals surface area contributed by atoms with E-state index in [2.05, 4.69) is 4.98 Å². The highest BCUT2D eigenvalue weighted by Crippen LogP contribution is 2.41. The molecule has 0 saturated heterocycles. The van der Waals surface area contributed by atoms with Gasteiger partial charge >= 0.3 is 0 Å². The van der Waals surface area contributed by atoms with Gasteiger partial charge in [-0.2, -0.15) is 5.10 Å². The number of sulfone groups is 1. The van der Waals surface area contributed by atoms with Crippen LogP contribution in [0, 0.1) is 0 Å². The number of fused-ring (bicyclic) bond motifs is 1. The van der Waals surface area contributed by atoms with Crippen LogP contribution in [0.2, 0.25) is 0 Å². The van der Waals surface area contributed by atoms with Crippen molar-refractivity contribution in [2.24, 2.45) is 5.73 Å². The second-order valence-corrected chi connectivity index (χ2v) is 9.31. The number of aromatic nitrogens is 3. The molecule has 1 unspecified atom stereocenters. The molecule has 1 atom stereocenters. The summed E-state index contributed by atoms with van der Waals surface area (Å²) < 4.78 is 25.9. The van der Waals surface area contributed by atoms with Gasteiger partial charge in [-0.1, -0.05) is 6.07 Å². The van der Waals surface area contributed by atoms with Crippen molar-refractivity contribution >= 4 is 9.84 Å². The van der Waals surface area contributed by atoms with Crippen molar-refractivity contribution in [1.82, 2.24) is 14.8 Å². The van der Waals surface area contributed by atoms with E-state index in [-0.39, 0.29) is 0 Å². The number of hydrogen-bond acceptors (Lipinski definition) is 5. The van der Waals surface area contributed by atoms with Gasteiger partial charge in [0.15, 0.2) is 9.84 Å². The second kappa shape index (κ2) is 7.48. The van der Waals surface area contributed by atoms with Crippen LogP contribution in [0.1, 0.15) is 36.4 Å². The van der Waals surface area contributed by atoms with Crippen molar-refractivity contribution in [3.8, 4) is 16.9 Å². The van der Waals surface area contributed by atoms with Crippen molar-refractivity contribution < 1.29 is 8.42 Å². The molecule has 2 N–H and O–H groups in total. The summed E-state index contributed by atoms with van der Waals surface area (Å²) in [4.78, 5) is 4.55. The van der Waals surface area contributed by atoms with E-state index in [1.807, 2.05) is 29.1 Å². The lowest BCUT2D eigenvalue weighted by Crippen LogP contribution is -2.15. The first kappa shape index (κ1) is 18.8. The molecule has 146 valence electrons. The Bertz CT molecular complexity index is 1090. The Hall–Kier alpha value is -2.51. The lowest BCUT2D eigenvalue weighted by atomic mass is 9.82. The van der Waals surface area contributed by atoms with Crippen molar-refractivity contribution in [1.29, 1.82) is 0 Å². The molecular formula is C21H24N4O2S. The summed E-state index contributed by atoms with van der Waals surface area (Å²) in [5.41, 5.74) is 10.9. The molecule has 6 nitrogen and oxygen atoms in total. The Labute approximate surface area is 165 Å². The van der Waals surface area contributed by atoms with Crippen LogP contribution in [-0.4, -0.2) is 36.0 Å². The average molecular weight is 397 g/mol. The molecule has 2 heterocycles. The highest BCUT2D eigenvalue weighted by atomic mass is 32.2. The number of pyridine rings is 1. The topological polar surface area (TPSA) is 90.9 Å². The molecule has 3 aromatic rings. The van der Waals surface area contributed by atoms with E-state index in [0.717, 1.165) is 48.3 Å². The largest absolute Gasteiger partial charge is 0.330 e. The summed E-state index contributed by atoms with van der Waals surface area (Å²) >= 11 is 0. The molecule has 0 fully saturated rings. The highest BCUT2D eigenvalue weighted by Gasteiger charge is 2.29. The summed E-state index contributed by atoms with van der Waals surface area (Å²) in [7, 11) is -3.29. The monoisotopic (exact) mass is 396 g/mol.